The number of ether oxygens (including phenoxy) is 1. The summed E-state index contributed by atoms with van der Waals surface area (Å²) < 4.78 is 5.04. The predicted octanol–water partition coefficient (Wildman–Crippen LogP) is 4.11. The van der Waals surface area contributed by atoms with Crippen molar-refractivity contribution in [2.24, 2.45) is 5.92 Å². The molecule has 1 atom stereocenters. The lowest BCUT2D eigenvalue weighted by Gasteiger charge is -2.20. The first-order valence-electron chi connectivity index (χ1n) is 6.09. The molecule has 1 rings (SSSR count). The second-order valence-electron chi connectivity index (χ2n) is 4.66. The van der Waals surface area contributed by atoms with E-state index >= 15 is 0 Å². The van der Waals surface area contributed by atoms with Gasteiger partial charge in [-0.05, 0) is 38.5 Å². The SMILES string of the molecule is COCCCCCC1=CC=C(C)CC1C. The van der Waals surface area contributed by atoms with Crippen molar-refractivity contribution in [3.05, 3.63) is 23.3 Å². The van der Waals surface area contributed by atoms with Crippen LogP contribution >= 0.6 is 0 Å². The second-order valence-corrected chi connectivity index (χ2v) is 4.66. The van der Waals surface area contributed by atoms with Crippen LogP contribution in [0.15, 0.2) is 23.3 Å². The molecule has 0 saturated heterocycles. The molecule has 0 aliphatic heterocycles. The number of hydrogen-bond acceptors (Lipinski definition) is 1. The van der Waals surface area contributed by atoms with E-state index in [0.29, 0.717) is 0 Å². The highest BCUT2D eigenvalue weighted by Gasteiger charge is 2.11. The summed E-state index contributed by atoms with van der Waals surface area (Å²) in [6, 6.07) is 0. The Hall–Kier alpha value is -0.560. The molecule has 1 heteroatoms. The maximum absolute atomic E-state index is 5.04. The topological polar surface area (TPSA) is 9.23 Å². The second kappa shape index (κ2) is 6.84. The number of unbranched alkanes of at least 4 members (excludes halogenated alkanes) is 2. The molecule has 0 saturated carbocycles. The molecule has 15 heavy (non-hydrogen) atoms. The molecule has 1 aliphatic rings. The average Bonchev–Trinajstić information content (AvgIpc) is 2.20. The van der Waals surface area contributed by atoms with Crippen molar-refractivity contribution >= 4 is 0 Å². The van der Waals surface area contributed by atoms with Crippen molar-refractivity contribution in [1.82, 2.24) is 0 Å². The first-order chi connectivity index (χ1) is 7.24. The van der Waals surface area contributed by atoms with Gasteiger partial charge >= 0.3 is 0 Å². The van der Waals surface area contributed by atoms with Gasteiger partial charge in [-0.1, -0.05) is 36.6 Å². The van der Waals surface area contributed by atoms with Crippen LogP contribution in [0.3, 0.4) is 0 Å². The van der Waals surface area contributed by atoms with E-state index in [2.05, 4.69) is 26.0 Å². The summed E-state index contributed by atoms with van der Waals surface area (Å²) in [5, 5.41) is 0. The van der Waals surface area contributed by atoms with Crippen molar-refractivity contribution < 1.29 is 4.74 Å². The maximum atomic E-state index is 5.04. The van der Waals surface area contributed by atoms with Crippen molar-refractivity contribution in [2.45, 2.75) is 46.0 Å². The first kappa shape index (κ1) is 12.5. The molecular weight excluding hydrogens is 184 g/mol. The molecule has 0 aromatic heterocycles. The van der Waals surface area contributed by atoms with Crippen molar-refractivity contribution in [3.8, 4) is 0 Å². The Labute approximate surface area is 94.2 Å². The van der Waals surface area contributed by atoms with Crippen LogP contribution in [0.2, 0.25) is 0 Å². The minimum absolute atomic E-state index is 0.762. The molecule has 1 unspecified atom stereocenters. The highest BCUT2D eigenvalue weighted by Crippen LogP contribution is 2.28. The maximum Gasteiger partial charge on any atom is 0.0462 e. The van der Waals surface area contributed by atoms with E-state index < -0.39 is 0 Å². The fraction of sp³-hybridized carbons (Fsp3) is 0.714. The summed E-state index contributed by atoms with van der Waals surface area (Å²) in [7, 11) is 1.78. The zero-order chi connectivity index (χ0) is 11.1. The van der Waals surface area contributed by atoms with E-state index in [1.165, 1.54) is 37.7 Å². The predicted molar refractivity (Wildman–Crippen MR) is 66.0 cm³/mol. The summed E-state index contributed by atoms with van der Waals surface area (Å²) in [6.07, 6.45) is 10.9. The van der Waals surface area contributed by atoms with E-state index in [1.54, 1.807) is 12.7 Å². The van der Waals surface area contributed by atoms with Gasteiger partial charge in [0.25, 0.3) is 0 Å². The monoisotopic (exact) mass is 208 g/mol. The van der Waals surface area contributed by atoms with Crippen molar-refractivity contribution in [3.63, 3.8) is 0 Å². The normalized spacial score (nSPS) is 21.1. The Bertz CT molecular complexity index is 238. The molecule has 0 fully saturated rings. The molecule has 0 bridgehead atoms. The highest BCUT2D eigenvalue weighted by atomic mass is 16.5. The lowest BCUT2D eigenvalue weighted by Crippen LogP contribution is -2.04. The smallest absolute Gasteiger partial charge is 0.0462 e. The van der Waals surface area contributed by atoms with Gasteiger partial charge in [-0.3, -0.25) is 0 Å². The largest absolute Gasteiger partial charge is 0.385 e. The number of methoxy groups -OCH3 is 1. The fourth-order valence-electron chi connectivity index (χ4n) is 2.18. The number of allylic oxidation sites excluding steroid dienone is 4. The van der Waals surface area contributed by atoms with Crippen LogP contribution in [-0.4, -0.2) is 13.7 Å². The fourth-order valence-corrected chi connectivity index (χ4v) is 2.18. The lowest BCUT2D eigenvalue weighted by molar-refractivity contribution is 0.192. The third-order valence-electron chi connectivity index (χ3n) is 3.16. The van der Waals surface area contributed by atoms with Crippen LogP contribution in [0.5, 0.6) is 0 Å². The summed E-state index contributed by atoms with van der Waals surface area (Å²) in [5.74, 6) is 0.762. The molecule has 1 nitrogen and oxygen atoms in total. The molecule has 86 valence electrons. The van der Waals surface area contributed by atoms with E-state index in [-0.39, 0.29) is 0 Å². The number of hydrogen-bond donors (Lipinski definition) is 0. The molecular formula is C14H24O. The number of rotatable bonds is 6. The Kier molecular flexibility index (Phi) is 5.70. The Morgan fingerprint density at radius 3 is 2.73 bits per heavy atom. The van der Waals surface area contributed by atoms with Gasteiger partial charge < -0.3 is 4.74 Å². The van der Waals surface area contributed by atoms with E-state index in [9.17, 15) is 0 Å². The molecule has 0 radical (unpaired) electrons. The summed E-state index contributed by atoms with van der Waals surface area (Å²) in [6.45, 7) is 5.48. The third kappa shape index (κ3) is 4.65. The van der Waals surface area contributed by atoms with Crippen LogP contribution in [0, 0.1) is 5.92 Å². The molecule has 0 spiro atoms. The van der Waals surface area contributed by atoms with Crippen LogP contribution in [0.1, 0.15) is 46.0 Å². The van der Waals surface area contributed by atoms with Crippen LogP contribution in [-0.2, 0) is 4.74 Å². The molecule has 0 aromatic carbocycles. The van der Waals surface area contributed by atoms with Crippen molar-refractivity contribution in [1.29, 1.82) is 0 Å². The summed E-state index contributed by atoms with van der Waals surface area (Å²) in [4.78, 5) is 0. The molecule has 0 amide bonds. The van der Waals surface area contributed by atoms with Gasteiger partial charge in [0.15, 0.2) is 0 Å². The molecule has 0 aromatic rings. The van der Waals surface area contributed by atoms with E-state index in [0.717, 1.165) is 12.5 Å². The van der Waals surface area contributed by atoms with Gasteiger partial charge in [-0.2, -0.15) is 0 Å². The summed E-state index contributed by atoms with van der Waals surface area (Å²) >= 11 is 0. The molecule has 0 N–H and O–H groups in total. The van der Waals surface area contributed by atoms with Crippen LogP contribution in [0.25, 0.3) is 0 Å². The van der Waals surface area contributed by atoms with Gasteiger partial charge in [0, 0.05) is 13.7 Å². The standard InChI is InChI=1S/C14H24O/c1-12-8-9-14(13(2)11-12)7-5-4-6-10-15-3/h8-9,13H,4-7,10-11H2,1-3H3. The van der Waals surface area contributed by atoms with Gasteiger partial charge in [-0.15, -0.1) is 0 Å². The highest BCUT2D eigenvalue weighted by molar-refractivity contribution is 5.24. The van der Waals surface area contributed by atoms with E-state index in [1.807, 2.05) is 0 Å². The Morgan fingerprint density at radius 2 is 2.07 bits per heavy atom. The molecule has 0 heterocycles. The minimum atomic E-state index is 0.762. The summed E-state index contributed by atoms with van der Waals surface area (Å²) in [5.41, 5.74) is 3.16. The quantitative estimate of drug-likeness (QED) is 0.597. The zero-order valence-electron chi connectivity index (χ0n) is 10.4. The van der Waals surface area contributed by atoms with Gasteiger partial charge in [0.05, 0.1) is 0 Å². The van der Waals surface area contributed by atoms with Gasteiger partial charge in [0.1, 0.15) is 0 Å². The first-order valence-corrected chi connectivity index (χ1v) is 6.09. The van der Waals surface area contributed by atoms with Crippen molar-refractivity contribution in [2.75, 3.05) is 13.7 Å². The van der Waals surface area contributed by atoms with E-state index in [4.69, 9.17) is 4.74 Å². The molecule has 1 aliphatic carbocycles. The lowest BCUT2D eigenvalue weighted by atomic mass is 9.86. The Balaban J connectivity index is 2.20. The van der Waals surface area contributed by atoms with Crippen LogP contribution in [0.4, 0.5) is 0 Å². The average molecular weight is 208 g/mol. The van der Waals surface area contributed by atoms with Gasteiger partial charge in [-0.25, -0.2) is 0 Å². The van der Waals surface area contributed by atoms with Crippen LogP contribution < -0.4 is 0 Å². The Morgan fingerprint density at radius 1 is 1.27 bits per heavy atom. The zero-order valence-corrected chi connectivity index (χ0v) is 10.4. The van der Waals surface area contributed by atoms with Gasteiger partial charge in [0.2, 0.25) is 0 Å². The minimum Gasteiger partial charge on any atom is -0.385 e. The third-order valence-corrected chi connectivity index (χ3v) is 3.16.